The van der Waals surface area contributed by atoms with E-state index in [9.17, 15) is 9.59 Å². The Balaban J connectivity index is 1.56. The molecule has 2 aromatic rings. The molecule has 0 radical (unpaired) electrons. The predicted molar refractivity (Wildman–Crippen MR) is 108 cm³/mol. The lowest BCUT2D eigenvalue weighted by atomic mass is 10.2. The van der Waals surface area contributed by atoms with E-state index < -0.39 is 18.0 Å². The number of esters is 1. The number of nitrogens with one attached hydrogen (secondary N) is 1. The Morgan fingerprint density at radius 2 is 1.73 bits per heavy atom. The van der Waals surface area contributed by atoms with E-state index in [-0.39, 0.29) is 18.9 Å². The zero-order valence-corrected chi connectivity index (χ0v) is 17.2. The van der Waals surface area contributed by atoms with Crippen molar-refractivity contribution in [3.8, 4) is 23.0 Å². The SMILES string of the molecule is CCOc1ccc(C(=O)O[C@H](C)C(=O)NCc2ccc3c(c2)OCO3)cc1OCC. The monoisotopic (exact) mass is 415 g/mol. The Morgan fingerprint density at radius 3 is 2.50 bits per heavy atom. The quantitative estimate of drug-likeness (QED) is 0.629. The molecule has 8 heteroatoms. The smallest absolute Gasteiger partial charge is 0.339 e. The minimum Gasteiger partial charge on any atom is -0.490 e. The Labute approximate surface area is 175 Å². The molecule has 160 valence electrons. The molecule has 1 amide bonds. The second-order valence-electron chi connectivity index (χ2n) is 6.48. The van der Waals surface area contributed by atoms with Crippen LogP contribution >= 0.6 is 0 Å². The van der Waals surface area contributed by atoms with Gasteiger partial charge in [0.25, 0.3) is 5.91 Å². The van der Waals surface area contributed by atoms with Gasteiger partial charge in [-0.2, -0.15) is 0 Å². The second-order valence-corrected chi connectivity index (χ2v) is 6.48. The largest absolute Gasteiger partial charge is 0.490 e. The molecule has 0 fully saturated rings. The third-order valence-corrected chi connectivity index (χ3v) is 4.34. The summed E-state index contributed by atoms with van der Waals surface area (Å²) in [6.07, 6.45) is -0.964. The minimum atomic E-state index is -0.964. The van der Waals surface area contributed by atoms with Gasteiger partial charge in [0.05, 0.1) is 18.8 Å². The Morgan fingerprint density at radius 1 is 1.00 bits per heavy atom. The van der Waals surface area contributed by atoms with Crippen LogP contribution in [0.3, 0.4) is 0 Å². The van der Waals surface area contributed by atoms with E-state index in [1.807, 2.05) is 19.9 Å². The van der Waals surface area contributed by atoms with Crippen LogP contribution in [0.5, 0.6) is 23.0 Å². The van der Waals surface area contributed by atoms with Gasteiger partial charge in [-0.25, -0.2) is 4.79 Å². The van der Waals surface area contributed by atoms with Crippen molar-refractivity contribution in [3.63, 3.8) is 0 Å². The zero-order valence-electron chi connectivity index (χ0n) is 17.2. The van der Waals surface area contributed by atoms with E-state index in [0.29, 0.717) is 36.2 Å². The van der Waals surface area contributed by atoms with Crippen LogP contribution < -0.4 is 24.3 Å². The first kappa shape index (κ1) is 21.3. The second kappa shape index (κ2) is 9.87. The maximum atomic E-state index is 12.5. The van der Waals surface area contributed by atoms with Crippen molar-refractivity contribution < 1.29 is 33.3 Å². The fraction of sp³-hybridized carbons (Fsp3) is 0.364. The van der Waals surface area contributed by atoms with Gasteiger partial charge in [-0.3, -0.25) is 4.79 Å². The fourth-order valence-electron chi connectivity index (χ4n) is 2.84. The van der Waals surface area contributed by atoms with Crippen LogP contribution in [0.15, 0.2) is 36.4 Å². The molecule has 2 aromatic carbocycles. The highest BCUT2D eigenvalue weighted by Crippen LogP contribution is 2.32. The van der Waals surface area contributed by atoms with Crippen molar-refractivity contribution in [1.82, 2.24) is 5.32 Å². The van der Waals surface area contributed by atoms with Crippen molar-refractivity contribution in [1.29, 1.82) is 0 Å². The van der Waals surface area contributed by atoms with Crippen molar-refractivity contribution in [2.75, 3.05) is 20.0 Å². The standard InChI is InChI=1S/C22H25NO7/c1-4-26-17-9-7-16(11-20(17)27-5-2)22(25)30-14(3)21(24)23-12-15-6-8-18-19(10-15)29-13-28-18/h6-11,14H,4-5,12-13H2,1-3H3,(H,23,24)/t14-/m1/s1. The van der Waals surface area contributed by atoms with Gasteiger partial charge in [0, 0.05) is 6.54 Å². The maximum absolute atomic E-state index is 12.5. The van der Waals surface area contributed by atoms with Crippen LogP contribution in [0.2, 0.25) is 0 Å². The first-order chi connectivity index (χ1) is 14.5. The molecule has 0 spiro atoms. The van der Waals surface area contributed by atoms with Crippen molar-refractivity contribution in [3.05, 3.63) is 47.5 Å². The highest BCUT2D eigenvalue weighted by molar-refractivity contribution is 5.92. The fourth-order valence-corrected chi connectivity index (χ4v) is 2.84. The molecule has 3 rings (SSSR count). The average molecular weight is 415 g/mol. The Kier molecular flexibility index (Phi) is 7.00. The van der Waals surface area contributed by atoms with E-state index in [1.54, 1.807) is 30.3 Å². The van der Waals surface area contributed by atoms with Gasteiger partial charge in [-0.05, 0) is 56.7 Å². The van der Waals surface area contributed by atoms with Gasteiger partial charge in [-0.15, -0.1) is 0 Å². The number of benzene rings is 2. The lowest BCUT2D eigenvalue weighted by Gasteiger charge is -2.15. The summed E-state index contributed by atoms with van der Waals surface area (Å²) in [6.45, 7) is 6.59. The summed E-state index contributed by atoms with van der Waals surface area (Å²) in [6, 6.07) is 10.2. The normalized spacial score (nSPS) is 12.8. The number of amides is 1. The van der Waals surface area contributed by atoms with Crippen LogP contribution in [0.25, 0.3) is 0 Å². The molecule has 0 saturated heterocycles. The highest BCUT2D eigenvalue weighted by atomic mass is 16.7. The number of carbonyl (C=O) groups excluding carboxylic acids is 2. The van der Waals surface area contributed by atoms with Crippen LogP contribution in [0.4, 0.5) is 0 Å². The summed E-state index contributed by atoms with van der Waals surface area (Å²) >= 11 is 0. The van der Waals surface area contributed by atoms with Gasteiger partial charge in [0.15, 0.2) is 29.1 Å². The molecule has 1 aliphatic heterocycles. The average Bonchev–Trinajstić information content (AvgIpc) is 3.21. The maximum Gasteiger partial charge on any atom is 0.339 e. The zero-order chi connectivity index (χ0) is 21.5. The third-order valence-electron chi connectivity index (χ3n) is 4.34. The summed E-state index contributed by atoms with van der Waals surface area (Å²) in [5, 5.41) is 2.75. The first-order valence-electron chi connectivity index (χ1n) is 9.78. The molecule has 30 heavy (non-hydrogen) atoms. The number of hydrogen-bond acceptors (Lipinski definition) is 7. The van der Waals surface area contributed by atoms with Gasteiger partial charge in [0.2, 0.25) is 6.79 Å². The van der Waals surface area contributed by atoms with Gasteiger partial charge < -0.3 is 29.0 Å². The topological polar surface area (TPSA) is 92.3 Å². The molecule has 8 nitrogen and oxygen atoms in total. The third kappa shape index (κ3) is 5.14. The number of fused-ring (bicyclic) bond motifs is 1. The van der Waals surface area contributed by atoms with Gasteiger partial charge in [0.1, 0.15) is 0 Å². The number of rotatable bonds is 9. The molecule has 0 aromatic heterocycles. The Hall–Kier alpha value is -3.42. The number of hydrogen-bond donors (Lipinski definition) is 1. The summed E-state index contributed by atoms with van der Waals surface area (Å²) in [4.78, 5) is 24.8. The molecule has 0 bridgehead atoms. The summed E-state index contributed by atoms with van der Waals surface area (Å²) in [5.74, 6) is 1.29. The number of carbonyl (C=O) groups is 2. The lowest BCUT2D eigenvalue weighted by molar-refractivity contribution is -0.129. The Bertz CT molecular complexity index is 912. The minimum absolute atomic E-state index is 0.189. The molecule has 0 saturated carbocycles. The molecule has 0 aliphatic carbocycles. The summed E-state index contributed by atoms with van der Waals surface area (Å²) < 4.78 is 26.9. The molecular weight excluding hydrogens is 390 g/mol. The predicted octanol–water partition coefficient (Wildman–Crippen LogP) is 3.07. The first-order valence-corrected chi connectivity index (χ1v) is 9.78. The van der Waals surface area contributed by atoms with E-state index in [1.165, 1.54) is 6.92 Å². The van der Waals surface area contributed by atoms with Crippen molar-refractivity contribution in [2.24, 2.45) is 0 Å². The summed E-state index contributed by atoms with van der Waals surface area (Å²) in [5.41, 5.74) is 1.12. The van der Waals surface area contributed by atoms with Gasteiger partial charge >= 0.3 is 5.97 Å². The van der Waals surface area contributed by atoms with Crippen molar-refractivity contribution in [2.45, 2.75) is 33.4 Å². The van der Waals surface area contributed by atoms with Crippen LogP contribution in [0, 0.1) is 0 Å². The van der Waals surface area contributed by atoms with Crippen LogP contribution in [-0.2, 0) is 16.1 Å². The van der Waals surface area contributed by atoms with E-state index >= 15 is 0 Å². The molecular formula is C22H25NO7. The lowest BCUT2D eigenvalue weighted by Crippen LogP contribution is -2.35. The molecule has 0 unspecified atom stereocenters. The molecule has 1 atom stereocenters. The van der Waals surface area contributed by atoms with Gasteiger partial charge in [-0.1, -0.05) is 6.07 Å². The summed E-state index contributed by atoms with van der Waals surface area (Å²) in [7, 11) is 0. The van der Waals surface area contributed by atoms with E-state index in [2.05, 4.69) is 5.32 Å². The van der Waals surface area contributed by atoms with Crippen LogP contribution in [0.1, 0.15) is 36.7 Å². The molecule has 1 aliphatic rings. The molecule has 1 N–H and O–H groups in total. The van der Waals surface area contributed by atoms with Crippen molar-refractivity contribution >= 4 is 11.9 Å². The van der Waals surface area contributed by atoms with E-state index in [0.717, 1.165) is 5.56 Å². The number of ether oxygens (including phenoxy) is 5. The molecule has 1 heterocycles. The van der Waals surface area contributed by atoms with Crippen LogP contribution in [-0.4, -0.2) is 38.0 Å². The highest BCUT2D eigenvalue weighted by Gasteiger charge is 2.20. The van der Waals surface area contributed by atoms with E-state index in [4.69, 9.17) is 23.7 Å².